The van der Waals surface area contributed by atoms with E-state index in [1.165, 1.54) is 0 Å². The number of carbonyl (C=O) groups is 3. The van der Waals surface area contributed by atoms with Crippen molar-refractivity contribution in [1.82, 2.24) is 15.1 Å². The van der Waals surface area contributed by atoms with E-state index in [2.05, 4.69) is 4.74 Å². The fourth-order valence-electron chi connectivity index (χ4n) is 6.34. The number of hydrogen-bond donors (Lipinski definition) is 3. The Hall–Kier alpha value is -5.34. The Bertz CT molecular complexity index is 2470. The van der Waals surface area contributed by atoms with E-state index < -0.39 is 231 Å². The molecule has 3 N–H and O–H groups in total. The number of hydrogen-bond acceptors (Lipinski definition) is 4. The van der Waals surface area contributed by atoms with E-state index in [1.54, 1.807) is 0 Å². The third-order valence-corrected chi connectivity index (χ3v) is 11.7. The van der Waals surface area contributed by atoms with Crippen molar-refractivity contribution >= 4 is 18.3 Å². The van der Waals surface area contributed by atoms with Gasteiger partial charge in [-0.05, 0) is 31.6 Å². The van der Waals surface area contributed by atoms with Crippen LogP contribution in [-0.2, 0) is 4.74 Å². The molecule has 0 heterocycles. The van der Waals surface area contributed by atoms with Crippen molar-refractivity contribution in [3.63, 3.8) is 0 Å². The second-order valence-electron chi connectivity index (χ2n) is 18.1. The average molecular weight is 1450 g/mol. The third kappa shape index (κ3) is 14.0. The van der Waals surface area contributed by atoms with Gasteiger partial charge in [-0.2, -0.15) is 198 Å². The second-order valence-corrected chi connectivity index (χ2v) is 18.1. The highest BCUT2D eigenvalue weighted by Gasteiger charge is 2.96. The molecule has 0 aromatic rings. The van der Waals surface area contributed by atoms with Crippen LogP contribution in [0.2, 0.25) is 0 Å². The minimum Gasteiger partial charge on any atom is -0.465 e. The topological polar surface area (TPSA) is 119 Å². The molecule has 3 amide bonds. The first kappa shape index (κ1) is 84.7. The van der Waals surface area contributed by atoms with Gasteiger partial charge in [-0.25, -0.2) is 14.4 Å². The minimum absolute atomic E-state index is 0.898. The molecular formula is C36H26F45N3O6. The van der Waals surface area contributed by atoms with E-state index in [4.69, 9.17) is 10.2 Å². The van der Waals surface area contributed by atoms with Gasteiger partial charge < -0.3 is 30.1 Å². The van der Waals surface area contributed by atoms with Gasteiger partial charge in [0.05, 0.1) is 13.1 Å². The Morgan fingerprint density at radius 1 is 0.311 bits per heavy atom. The van der Waals surface area contributed by atoms with Gasteiger partial charge in [-0.15, -0.1) is 0 Å². The van der Waals surface area contributed by atoms with Crippen molar-refractivity contribution < 1.29 is 227 Å². The molecular weight excluding hydrogens is 1430 g/mol. The summed E-state index contributed by atoms with van der Waals surface area (Å²) in [5.74, 6) is -155. The molecule has 0 aromatic carbocycles. The molecule has 90 heavy (non-hydrogen) atoms. The molecule has 0 aliphatic rings. The lowest BCUT2D eigenvalue weighted by atomic mass is 9.91. The summed E-state index contributed by atoms with van der Waals surface area (Å²) in [6.07, 6.45) is -41.3. The molecule has 0 aliphatic carbocycles. The van der Waals surface area contributed by atoms with Crippen LogP contribution in [0.25, 0.3) is 0 Å². The standard InChI is InChI=1S/C36H26F45N3O6/c37-16(38,19(43,44)22(49,50)25(55,56)28(61,62)31(67,68)34(73,74)75)9-83(14(86)87)6-2-1-4-12(8-82-13(85)90-11-18(41,42)21(47,48)24(53,54)27(59,60)30(65,66)33(71,72)36(79,80)81)5-3-7-84(15(88)89)10-17(39,40)20(45,46)23(51,52)26(57,58)29(63,64)32(69,70)35(76,77)78/h12H,1-11H2,(H,82,85)(H,86,87)(H,88,89). The Labute approximate surface area is 463 Å². The van der Waals surface area contributed by atoms with Crippen LogP contribution in [0.3, 0.4) is 0 Å². The fourth-order valence-corrected chi connectivity index (χ4v) is 6.34. The highest BCUT2D eigenvalue weighted by atomic mass is 19.5. The molecule has 9 nitrogen and oxygen atoms in total. The van der Waals surface area contributed by atoms with Gasteiger partial charge in [-0.1, -0.05) is 6.42 Å². The predicted molar refractivity (Wildman–Crippen MR) is 192 cm³/mol. The highest BCUT2D eigenvalue weighted by molar-refractivity contribution is 5.67. The zero-order valence-corrected chi connectivity index (χ0v) is 41.3. The van der Waals surface area contributed by atoms with Crippen molar-refractivity contribution in [3.8, 4) is 0 Å². The molecule has 0 saturated carbocycles. The van der Waals surface area contributed by atoms with Crippen LogP contribution in [0.5, 0.6) is 0 Å². The van der Waals surface area contributed by atoms with Crippen LogP contribution < -0.4 is 5.32 Å². The van der Waals surface area contributed by atoms with Crippen LogP contribution in [0, 0.1) is 5.92 Å². The van der Waals surface area contributed by atoms with Crippen molar-refractivity contribution in [1.29, 1.82) is 0 Å². The lowest BCUT2D eigenvalue weighted by molar-refractivity contribution is -0.453. The summed E-state index contributed by atoms with van der Waals surface area (Å²) in [5.41, 5.74) is 0. The number of alkyl carbamates (subject to hydrolysis) is 1. The number of nitrogens with one attached hydrogen (secondary N) is 1. The monoisotopic (exact) mass is 1450 g/mol. The van der Waals surface area contributed by atoms with Crippen molar-refractivity contribution in [2.75, 3.05) is 39.3 Å². The predicted octanol–water partition coefficient (Wildman–Crippen LogP) is 16.4. The number of halogens is 45. The summed E-state index contributed by atoms with van der Waals surface area (Å²) in [7, 11) is 0. The number of rotatable bonds is 32. The molecule has 0 radical (unpaired) electrons. The van der Waals surface area contributed by atoms with E-state index >= 15 is 0 Å². The zero-order chi connectivity index (χ0) is 73.2. The maximum atomic E-state index is 14.6. The molecule has 1 atom stereocenters. The Balaban J connectivity index is 7.23. The molecule has 1 unspecified atom stereocenters. The number of amides is 3. The lowest BCUT2D eigenvalue weighted by Crippen LogP contribution is -2.73. The average Bonchev–Trinajstić information content (AvgIpc) is 0.721. The van der Waals surface area contributed by atoms with Gasteiger partial charge in [0.15, 0.2) is 6.61 Å². The molecule has 0 fully saturated rings. The highest BCUT2D eigenvalue weighted by Crippen LogP contribution is 2.66. The van der Waals surface area contributed by atoms with Crippen LogP contribution in [0.15, 0.2) is 0 Å². The Kier molecular flexibility index (Phi) is 23.4. The third-order valence-electron chi connectivity index (χ3n) is 11.7. The smallest absolute Gasteiger partial charge is 0.460 e. The number of nitrogens with zero attached hydrogens (tertiary/aromatic N) is 2. The van der Waals surface area contributed by atoms with Gasteiger partial charge in [-0.3, -0.25) is 0 Å². The summed E-state index contributed by atoms with van der Waals surface area (Å²) < 4.78 is 615. The normalized spacial score (nSPS) is 16.1. The SMILES string of the molecule is O=C(NCC(CCCCN(CC(F)(F)C(F)(F)C(F)(F)C(F)(F)C(F)(F)C(F)(F)C(F)(F)F)C(=O)O)CCCN(CC(F)(F)C(F)(F)C(F)(F)C(F)(F)C(F)(F)C(F)(F)C(F)(F)F)C(=O)O)OCC(F)(F)C(F)(F)C(F)(F)C(F)(F)C(F)(F)C(F)(F)C(F)(F)F. The van der Waals surface area contributed by atoms with E-state index in [1.807, 2.05) is 0 Å². The van der Waals surface area contributed by atoms with Crippen LogP contribution in [0.4, 0.5) is 212 Å². The van der Waals surface area contributed by atoms with E-state index in [0.717, 1.165) is 5.32 Å². The van der Waals surface area contributed by atoms with Gasteiger partial charge in [0, 0.05) is 19.6 Å². The van der Waals surface area contributed by atoms with Crippen LogP contribution >= 0.6 is 0 Å². The fraction of sp³-hybridized carbons (Fsp3) is 0.917. The molecule has 0 saturated heterocycles. The summed E-state index contributed by atoms with van der Waals surface area (Å²) in [5, 5.41) is 19.1. The van der Waals surface area contributed by atoms with Gasteiger partial charge in [0.2, 0.25) is 0 Å². The maximum Gasteiger partial charge on any atom is 0.460 e. The van der Waals surface area contributed by atoms with Crippen molar-refractivity contribution in [3.05, 3.63) is 0 Å². The first-order valence-corrected chi connectivity index (χ1v) is 21.7. The lowest BCUT2D eigenvalue weighted by Gasteiger charge is -2.42. The Morgan fingerprint density at radius 2 is 0.533 bits per heavy atom. The molecule has 0 rings (SSSR count). The van der Waals surface area contributed by atoms with Gasteiger partial charge in [0.25, 0.3) is 0 Å². The van der Waals surface area contributed by atoms with Crippen LogP contribution in [0.1, 0.15) is 32.1 Å². The minimum atomic E-state index is -8.97. The van der Waals surface area contributed by atoms with Gasteiger partial charge in [0.1, 0.15) is 0 Å². The second kappa shape index (κ2) is 24.9. The molecule has 0 aliphatic heterocycles. The summed E-state index contributed by atoms with van der Waals surface area (Å²) in [6.45, 7) is -17.8. The number of ether oxygens (including phenoxy) is 1. The van der Waals surface area contributed by atoms with Crippen molar-refractivity contribution in [2.24, 2.45) is 5.92 Å². The number of carbonyl (C=O) groups excluding carboxylic acids is 1. The largest absolute Gasteiger partial charge is 0.465 e. The molecule has 0 aromatic heterocycles. The van der Waals surface area contributed by atoms with Crippen molar-refractivity contribution in [2.45, 2.75) is 157 Å². The van der Waals surface area contributed by atoms with E-state index in [0.29, 0.717) is 0 Å². The van der Waals surface area contributed by atoms with E-state index in [-0.39, 0.29) is 0 Å². The maximum absolute atomic E-state index is 14.6. The first-order valence-electron chi connectivity index (χ1n) is 21.7. The quantitative estimate of drug-likeness (QED) is 0.0456. The number of unbranched alkanes of at least 4 members (excludes halogenated alkanes) is 1. The molecule has 0 spiro atoms. The summed E-state index contributed by atoms with van der Waals surface area (Å²) in [4.78, 5) is 32.3. The zero-order valence-electron chi connectivity index (χ0n) is 41.3. The van der Waals surface area contributed by atoms with Crippen LogP contribution in [-0.4, -0.2) is 203 Å². The summed E-state index contributed by atoms with van der Waals surface area (Å²) in [6, 6.07) is 0. The molecule has 0 bridgehead atoms. The Morgan fingerprint density at radius 3 is 0.789 bits per heavy atom. The van der Waals surface area contributed by atoms with Gasteiger partial charge >= 0.3 is 143 Å². The van der Waals surface area contributed by atoms with E-state index in [9.17, 15) is 212 Å². The number of alkyl halides is 45. The molecule has 54 heteroatoms. The first-order chi connectivity index (χ1) is 38.8. The molecule has 536 valence electrons. The number of carboxylic acid groups (broad SMARTS) is 2. The summed E-state index contributed by atoms with van der Waals surface area (Å²) >= 11 is 0.